The molecule has 0 N–H and O–H groups in total. The number of urea groups is 1. The lowest BCUT2D eigenvalue weighted by Gasteiger charge is -2.46. The number of amidine groups is 1. The Balaban J connectivity index is 1.50. The SMILES string of the molecule is CCOC(=O)OC1[C@H]2CN(C(=O)N3C(c4cnc(C(C)(C)C)cc4OCC)=N[C@@](C)(c4ccc(Cl)cc4)[C@@]3(C)c3ccc(Cl)cc3)C[C@@H]12. The summed E-state index contributed by atoms with van der Waals surface area (Å²) in [5.41, 5.74) is 0.941. The van der Waals surface area contributed by atoms with Crippen molar-refractivity contribution < 1.29 is 23.8 Å². The van der Waals surface area contributed by atoms with E-state index in [2.05, 4.69) is 20.8 Å². The van der Waals surface area contributed by atoms with E-state index in [0.717, 1.165) is 16.8 Å². The van der Waals surface area contributed by atoms with E-state index < -0.39 is 17.2 Å². The predicted octanol–water partition coefficient (Wildman–Crippen LogP) is 8.20. The van der Waals surface area contributed by atoms with Crippen LogP contribution in [0.1, 0.15) is 70.9 Å². The number of halogens is 2. The molecule has 2 aliphatic heterocycles. The molecule has 254 valence electrons. The summed E-state index contributed by atoms with van der Waals surface area (Å²) >= 11 is 12.8. The minimum Gasteiger partial charge on any atom is -0.493 e. The summed E-state index contributed by atoms with van der Waals surface area (Å²) in [7, 11) is 0. The van der Waals surface area contributed by atoms with Crippen molar-refractivity contribution in [3.8, 4) is 5.75 Å². The monoisotopic (exact) mass is 692 g/mol. The van der Waals surface area contributed by atoms with Crippen molar-refractivity contribution in [3.63, 3.8) is 0 Å². The number of fused-ring (bicyclic) bond motifs is 1. The number of rotatable bonds is 7. The second-order valence-corrected chi connectivity index (χ2v) is 14.8. The van der Waals surface area contributed by atoms with Crippen LogP contribution in [0.2, 0.25) is 10.0 Å². The Hall–Kier alpha value is -3.82. The number of aliphatic imine (C=N–C) groups is 1. The molecule has 0 bridgehead atoms. The summed E-state index contributed by atoms with van der Waals surface area (Å²) in [6.07, 6.45) is 0.832. The molecule has 3 aromatic rings. The van der Waals surface area contributed by atoms with Crippen molar-refractivity contribution in [1.82, 2.24) is 14.8 Å². The van der Waals surface area contributed by atoms with Gasteiger partial charge in [-0.2, -0.15) is 0 Å². The van der Waals surface area contributed by atoms with Crippen LogP contribution in [-0.4, -0.2) is 65.2 Å². The van der Waals surface area contributed by atoms with Crippen LogP contribution >= 0.6 is 23.2 Å². The fourth-order valence-corrected chi connectivity index (χ4v) is 7.32. The largest absolute Gasteiger partial charge is 0.508 e. The summed E-state index contributed by atoms with van der Waals surface area (Å²) in [4.78, 5) is 41.1. The number of hydrogen-bond acceptors (Lipinski definition) is 7. The van der Waals surface area contributed by atoms with Gasteiger partial charge in [0.25, 0.3) is 0 Å². The predicted molar refractivity (Wildman–Crippen MR) is 186 cm³/mol. The number of carbonyl (C=O) groups excluding carboxylic acids is 2. The van der Waals surface area contributed by atoms with E-state index in [1.54, 1.807) is 18.0 Å². The third kappa shape index (κ3) is 5.79. The van der Waals surface area contributed by atoms with Crippen molar-refractivity contribution in [2.24, 2.45) is 16.8 Å². The lowest BCUT2D eigenvalue weighted by molar-refractivity contribution is 0.0405. The highest BCUT2D eigenvalue weighted by atomic mass is 35.5. The Bertz CT molecular complexity index is 1730. The first-order chi connectivity index (χ1) is 22.7. The highest BCUT2D eigenvalue weighted by Crippen LogP contribution is 2.55. The number of hydrogen-bond donors (Lipinski definition) is 0. The molecule has 48 heavy (non-hydrogen) atoms. The van der Waals surface area contributed by atoms with Crippen molar-refractivity contribution in [1.29, 1.82) is 0 Å². The van der Waals surface area contributed by atoms with Crippen LogP contribution in [0.3, 0.4) is 0 Å². The molecule has 0 spiro atoms. The zero-order valence-electron chi connectivity index (χ0n) is 28.4. The molecule has 3 heterocycles. The maximum atomic E-state index is 15.1. The van der Waals surface area contributed by atoms with E-state index in [1.165, 1.54) is 0 Å². The normalized spacial score (nSPS) is 26.2. The molecule has 1 aliphatic carbocycles. The molecule has 5 atom stereocenters. The zero-order valence-corrected chi connectivity index (χ0v) is 29.9. The van der Waals surface area contributed by atoms with Gasteiger partial charge in [-0.25, -0.2) is 9.59 Å². The highest BCUT2D eigenvalue weighted by molar-refractivity contribution is 6.30. The van der Waals surface area contributed by atoms with Gasteiger partial charge >= 0.3 is 12.2 Å². The number of carbonyl (C=O) groups is 2. The second kappa shape index (κ2) is 12.6. The molecule has 6 rings (SSSR count). The first kappa shape index (κ1) is 34.1. The van der Waals surface area contributed by atoms with Gasteiger partial charge in [-0.1, -0.05) is 68.2 Å². The molecule has 9 nitrogen and oxygen atoms in total. The summed E-state index contributed by atoms with van der Waals surface area (Å²) in [5.74, 6) is 1.13. The summed E-state index contributed by atoms with van der Waals surface area (Å²) in [6.45, 7) is 15.6. The van der Waals surface area contributed by atoms with Gasteiger partial charge in [0, 0.05) is 58.3 Å². The van der Waals surface area contributed by atoms with E-state index in [1.807, 2.05) is 80.3 Å². The van der Waals surface area contributed by atoms with E-state index >= 15 is 4.79 Å². The second-order valence-electron chi connectivity index (χ2n) is 14.0. The Kier molecular flexibility index (Phi) is 8.92. The van der Waals surface area contributed by atoms with Crippen molar-refractivity contribution in [3.05, 3.63) is 93.2 Å². The minimum atomic E-state index is -1.04. The van der Waals surface area contributed by atoms with Gasteiger partial charge in [0.15, 0.2) is 0 Å². The molecule has 2 aromatic carbocycles. The molecular formula is C37H42Cl2N4O5. The fraction of sp³-hybridized carbons (Fsp3) is 0.459. The molecule has 2 fully saturated rings. The number of benzene rings is 2. The van der Waals surface area contributed by atoms with Crippen LogP contribution in [-0.2, 0) is 26.0 Å². The average Bonchev–Trinajstić information content (AvgIpc) is 3.35. The Morgan fingerprint density at radius 2 is 1.50 bits per heavy atom. The first-order valence-corrected chi connectivity index (χ1v) is 17.2. The molecule has 1 unspecified atom stereocenters. The third-order valence-corrected chi connectivity index (χ3v) is 10.5. The lowest BCUT2D eigenvalue weighted by Crippen LogP contribution is -2.58. The number of pyridine rings is 1. The van der Waals surface area contributed by atoms with Gasteiger partial charge < -0.3 is 19.1 Å². The Morgan fingerprint density at radius 1 is 0.917 bits per heavy atom. The molecule has 1 aromatic heterocycles. The molecule has 0 radical (unpaired) electrons. The van der Waals surface area contributed by atoms with Gasteiger partial charge in [-0.05, 0) is 63.1 Å². The molecule has 1 saturated heterocycles. The van der Waals surface area contributed by atoms with E-state index in [9.17, 15) is 4.79 Å². The summed E-state index contributed by atoms with van der Waals surface area (Å²) < 4.78 is 16.8. The van der Waals surface area contributed by atoms with E-state index in [-0.39, 0.29) is 36.0 Å². The molecule has 11 heteroatoms. The van der Waals surface area contributed by atoms with Gasteiger partial charge in [-0.15, -0.1) is 0 Å². The smallest absolute Gasteiger partial charge is 0.493 e. The number of amides is 2. The Labute approximate surface area is 292 Å². The topological polar surface area (TPSA) is 93.6 Å². The quantitative estimate of drug-likeness (QED) is 0.232. The van der Waals surface area contributed by atoms with Crippen molar-refractivity contribution in [2.75, 3.05) is 26.3 Å². The van der Waals surface area contributed by atoms with Crippen LogP contribution < -0.4 is 4.74 Å². The molecular weight excluding hydrogens is 651 g/mol. The van der Waals surface area contributed by atoms with Crippen LogP contribution in [0.5, 0.6) is 5.75 Å². The molecule has 1 saturated carbocycles. The van der Waals surface area contributed by atoms with E-state index in [4.69, 9.17) is 47.4 Å². The Morgan fingerprint density at radius 3 is 2.04 bits per heavy atom. The van der Waals surface area contributed by atoms with Crippen LogP contribution in [0, 0.1) is 11.8 Å². The van der Waals surface area contributed by atoms with Crippen LogP contribution in [0.15, 0.2) is 65.8 Å². The fourth-order valence-electron chi connectivity index (χ4n) is 7.06. The van der Waals surface area contributed by atoms with Gasteiger partial charge in [0.05, 0.1) is 18.8 Å². The summed E-state index contributed by atoms with van der Waals surface area (Å²) in [6, 6.07) is 16.9. The number of likely N-dealkylation sites (tertiary alicyclic amines) is 1. The standard InChI is InChI=1S/C37H42Cl2N4O5/c1-8-46-29-18-30(35(3,4)5)40-19-26(29)32-41-36(6,22-10-14-24(38)15-11-22)37(7,23-12-16-25(39)17-13-23)43(32)33(44)42-20-27-28(21-42)31(27)48-34(45)47-9-2/h10-19,27-28,31H,8-9,20-21H2,1-7H3/t27-,28+,31?,36-,37+/m0/s1. The van der Waals surface area contributed by atoms with Crippen molar-refractivity contribution >= 4 is 41.2 Å². The average molecular weight is 694 g/mol. The maximum Gasteiger partial charge on any atom is 0.508 e. The minimum absolute atomic E-state index is 0.0394. The molecule has 2 amide bonds. The maximum absolute atomic E-state index is 15.1. The molecule has 3 aliphatic rings. The van der Waals surface area contributed by atoms with Gasteiger partial charge in [0.2, 0.25) is 0 Å². The van der Waals surface area contributed by atoms with Gasteiger partial charge in [-0.3, -0.25) is 14.9 Å². The van der Waals surface area contributed by atoms with Crippen molar-refractivity contribution in [2.45, 2.75) is 71.1 Å². The third-order valence-electron chi connectivity index (χ3n) is 10.00. The lowest BCUT2D eigenvalue weighted by atomic mass is 9.71. The van der Waals surface area contributed by atoms with Crippen LogP contribution in [0.25, 0.3) is 0 Å². The number of aromatic nitrogens is 1. The number of ether oxygens (including phenoxy) is 3. The highest BCUT2D eigenvalue weighted by Gasteiger charge is 2.64. The van der Waals surface area contributed by atoms with E-state index in [0.29, 0.717) is 46.9 Å². The first-order valence-electron chi connectivity index (χ1n) is 16.4. The number of nitrogens with zero attached hydrogens (tertiary/aromatic N) is 4. The van der Waals surface area contributed by atoms with Crippen LogP contribution in [0.4, 0.5) is 9.59 Å². The zero-order chi connectivity index (χ0) is 34.6. The number of piperidine rings is 1. The summed E-state index contributed by atoms with van der Waals surface area (Å²) in [5, 5.41) is 1.18. The van der Waals surface area contributed by atoms with Gasteiger partial charge in [0.1, 0.15) is 28.8 Å².